The van der Waals surface area contributed by atoms with E-state index in [-0.39, 0.29) is 6.61 Å². The third-order valence-electron chi connectivity index (χ3n) is 2.30. The van der Waals surface area contributed by atoms with Gasteiger partial charge in [0.15, 0.2) is 6.61 Å². The van der Waals surface area contributed by atoms with E-state index in [1.807, 2.05) is 37.3 Å². The van der Waals surface area contributed by atoms with Crippen molar-refractivity contribution in [2.45, 2.75) is 13.5 Å². The predicted octanol–water partition coefficient (Wildman–Crippen LogP) is 2.27. The molecule has 0 saturated heterocycles. The highest BCUT2D eigenvalue weighted by molar-refractivity contribution is 5.28. The van der Waals surface area contributed by atoms with Crippen LogP contribution in [0.5, 0.6) is 5.75 Å². The smallest absolute Gasteiger partial charge is 0.174 e. The lowest BCUT2D eigenvalue weighted by atomic mass is 10.2. The standard InChI is InChI=1S/C15H20N2O2/c1-13(2)12-18-9-7-17-11-14-4-3-5-15(10-14)19-8-6-16/h3-5,10,17H,1,7-9,11-12H2,2H3. The average Bonchev–Trinajstić information content (AvgIpc) is 2.40. The monoisotopic (exact) mass is 260 g/mol. The number of hydrogen-bond donors (Lipinski definition) is 1. The number of hydrogen-bond acceptors (Lipinski definition) is 4. The molecule has 0 aliphatic carbocycles. The van der Waals surface area contributed by atoms with E-state index in [1.165, 1.54) is 0 Å². The summed E-state index contributed by atoms with van der Waals surface area (Å²) in [5, 5.41) is 11.7. The van der Waals surface area contributed by atoms with Crippen molar-refractivity contribution < 1.29 is 9.47 Å². The summed E-state index contributed by atoms with van der Waals surface area (Å²) in [4.78, 5) is 0. The lowest BCUT2D eigenvalue weighted by Gasteiger charge is -2.08. The normalized spacial score (nSPS) is 9.89. The van der Waals surface area contributed by atoms with Crippen LogP contribution in [-0.4, -0.2) is 26.4 Å². The molecule has 1 N–H and O–H groups in total. The Morgan fingerprint density at radius 3 is 3.05 bits per heavy atom. The van der Waals surface area contributed by atoms with E-state index in [4.69, 9.17) is 14.7 Å². The molecule has 0 amide bonds. The molecule has 0 saturated carbocycles. The molecule has 0 radical (unpaired) electrons. The van der Waals surface area contributed by atoms with Gasteiger partial charge in [-0.05, 0) is 24.6 Å². The maximum atomic E-state index is 8.45. The molecule has 0 spiro atoms. The number of nitriles is 1. The zero-order valence-corrected chi connectivity index (χ0v) is 11.3. The van der Waals surface area contributed by atoms with E-state index in [0.29, 0.717) is 13.2 Å². The predicted molar refractivity (Wildman–Crippen MR) is 74.9 cm³/mol. The maximum absolute atomic E-state index is 8.45. The molecule has 0 aliphatic heterocycles. The topological polar surface area (TPSA) is 54.3 Å². The summed E-state index contributed by atoms with van der Waals surface area (Å²) in [6.07, 6.45) is 0. The minimum Gasteiger partial charge on any atom is -0.479 e. The van der Waals surface area contributed by atoms with Crippen molar-refractivity contribution in [3.63, 3.8) is 0 Å². The molecule has 0 bridgehead atoms. The SMILES string of the molecule is C=C(C)COCCNCc1cccc(OCC#N)c1. The second-order valence-corrected chi connectivity index (χ2v) is 4.28. The van der Waals surface area contributed by atoms with Crippen LogP contribution in [0.25, 0.3) is 0 Å². The quantitative estimate of drug-likeness (QED) is 0.546. The van der Waals surface area contributed by atoms with Gasteiger partial charge in [-0.1, -0.05) is 24.3 Å². The molecular weight excluding hydrogens is 240 g/mol. The van der Waals surface area contributed by atoms with Crippen molar-refractivity contribution in [3.05, 3.63) is 42.0 Å². The van der Waals surface area contributed by atoms with E-state index in [1.54, 1.807) is 0 Å². The third-order valence-corrected chi connectivity index (χ3v) is 2.30. The van der Waals surface area contributed by atoms with Gasteiger partial charge in [0, 0.05) is 13.1 Å². The molecular formula is C15H20N2O2. The largest absolute Gasteiger partial charge is 0.479 e. The van der Waals surface area contributed by atoms with Gasteiger partial charge < -0.3 is 14.8 Å². The van der Waals surface area contributed by atoms with Crippen LogP contribution >= 0.6 is 0 Å². The minimum absolute atomic E-state index is 0.0750. The molecule has 0 heterocycles. The molecule has 4 nitrogen and oxygen atoms in total. The highest BCUT2D eigenvalue weighted by Crippen LogP contribution is 2.12. The fraction of sp³-hybridized carbons (Fsp3) is 0.400. The van der Waals surface area contributed by atoms with Crippen molar-refractivity contribution in [3.8, 4) is 11.8 Å². The second kappa shape index (κ2) is 9.15. The molecule has 102 valence electrons. The Morgan fingerprint density at radius 2 is 2.32 bits per heavy atom. The van der Waals surface area contributed by atoms with Crippen molar-refractivity contribution >= 4 is 0 Å². The van der Waals surface area contributed by atoms with Gasteiger partial charge in [0.25, 0.3) is 0 Å². The molecule has 0 aliphatic rings. The Labute approximate surface area is 114 Å². The fourth-order valence-corrected chi connectivity index (χ4v) is 1.48. The van der Waals surface area contributed by atoms with Crippen molar-refractivity contribution in [2.24, 2.45) is 0 Å². The van der Waals surface area contributed by atoms with E-state index >= 15 is 0 Å². The summed E-state index contributed by atoms with van der Waals surface area (Å²) >= 11 is 0. The number of rotatable bonds is 9. The Balaban J connectivity index is 2.22. The molecule has 19 heavy (non-hydrogen) atoms. The van der Waals surface area contributed by atoms with Gasteiger partial charge >= 0.3 is 0 Å². The maximum Gasteiger partial charge on any atom is 0.174 e. The van der Waals surface area contributed by atoms with Crippen LogP contribution in [0.4, 0.5) is 0 Å². The number of benzene rings is 1. The van der Waals surface area contributed by atoms with E-state index in [2.05, 4.69) is 11.9 Å². The van der Waals surface area contributed by atoms with Crippen LogP contribution in [-0.2, 0) is 11.3 Å². The highest BCUT2D eigenvalue weighted by Gasteiger charge is 1.97. The summed E-state index contributed by atoms with van der Waals surface area (Å²) in [7, 11) is 0. The molecule has 1 rings (SSSR count). The molecule has 0 aromatic heterocycles. The first-order valence-corrected chi connectivity index (χ1v) is 6.24. The summed E-state index contributed by atoms with van der Waals surface area (Å²) in [6.45, 7) is 8.61. The molecule has 0 atom stereocenters. The van der Waals surface area contributed by atoms with Crippen molar-refractivity contribution in [1.82, 2.24) is 5.32 Å². The van der Waals surface area contributed by atoms with Crippen molar-refractivity contribution in [1.29, 1.82) is 5.26 Å². The first kappa shape index (κ1) is 15.2. The number of nitrogens with one attached hydrogen (secondary N) is 1. The van der Waals surface area contributed by atoms with E-state index in [9.17, 15) is 0 Å². The van der Waals surface area contributed by atoms with Crippen LogP contribution in [0.2, 0.25) is 0 Å². The lowest BCUT2D eigenvalue weighted by molar-refractivity contribution is 0.158. The van der Waals surface area contributed by atoms with Crippen LogP contribution in [0, 0.1) is 11.3 Å². The Kier molecular flexibility index (Phi) is 7.33. The first-order valence-electron chi connectivity index (χ1n) is 6.24. The minimum atomic E-state index is 0.0750. The molecule has 4 heteroatoms. The molecule has 0 fully saturated rings. The molecule has 1 aromatic carbocycles. The van der Waals surface area contributed by atoms with Gasteiger partial charge in [-0.3, -0.25) is 0 Å². The van der Waals surface area contributed by atoms with Crippen molar-refractivity contribution in [2.75, 3.05) is 26.4 Å². The number of ether oxygens (including phenoxy) is 2. The van der Waals surface area contributed by atoms with Gasteiger partial charge in [-0.15, -0.1) is 0 Å². The fourth-order valence-electron chi connectivity index (χ4n) is 1.48. The average molecular weight is 260 g/mol. The summed E-state index contributed by atoms with van der Waals surface area (Å²) in [5.74, 6) is 0.722. The zero-order chi connectivity index (χ0) is 13.9. The lowest BCUT2D eigenvalue weighted by Crippen LogP contribution is -2.19. The Morgan fingerprint density at radius 1 is 1.47 bits per heavy atom. The van der Waals surface area contributed by atoms with E-state index in [0.717, 1.165) is 30.0 Å². The van der Waals surface area contributed by atoms with Gasteiger partial charge in [0.1, 0.15) is 11.8 Å². The van der Waals surface area contributed by atoms with Crippen LogP contribution < -0.4 is 10.1 Å². The van der Waals surface area contributed by atoms with Crippen LogP contribution in [0.3, 0.4) is 0 Å². The van der Waals surface area contributed by atoms with Gasteiger partial charge in [-0.2, -0.15) is 5.26 Å². The van der Waals surface area contributed by atoms with Gasteiger partial charge in [0.2, 0.25) is 0 Å². The highest BCUT2D eigenvalue weighted by atomic mass is 16.5. The van der Waals surface area contributed by atoms with E-state index < -0.39 is 0 Å². The molecule has 0 unspecified atom stereocenters. The summed E-state index contributed by atoms with van der Waals surface area (Å²) in [6, 6.07) is 9.66. The van der Waals surface area contributed by atoms with Gasteiger partial charge in [-0.25, -0.2) is 0 Å². The van der Waals surface area contributed by atoms with Crippen LogP contribution in [0.1, 0.15) is 12.5 Å². The third kappa shape index (κ3) is 7.24. The summed E-state index contributed by atoms with van der Waals surface area (Å²) < 4.78 is 10.6. The summed E-state index contributed by atoms with van der Waals surface area (Å²) in [5.41, 5.74) is 2.15. The number of nitrogens with zero attached hydrogens (tertiary/aromatic N) is 1. The Hall–Kier alpha value is -1.83. The second-order valence-electron chi connectivity index (χ2n) is 4.28. The van der Waals surface area contributed by atoms with Crippen LogP contribution in [0.15, 0.2) is 36.4 Å². The first-order chi connectivity index (χ1) is 9.22. The van der Waals surface area contributed by atoms with Gasteiger partial charge in [0.05, 0.1) is 13.2 Å². The zero-order valence-electron chi connectivity index (χ0n) is 11.3. The molecule has 1 aromatic rings. The Bertz CT molecular complexity index is 438.